The Morgan fingerprint density at radius 1 is 1.30 bits per heavy atom. The number of carbonyl (C=O) groups is 1. The number of ether oxygens (including phenoxy) is 1. The van der Waals surface area contributed by atoms with Gasteiger partial charge in [-0.3, -0.25) is 9.20 Å². The maximum atomic E-state index is 11.9. The molecule has 1 aromatic carbocycles. The van der Waals surface area contributed by atoms with Gasteiger partial charge < -0.3 is 10.1 Å². The number of hydrogen-bond donors (Lipinski definition) is 1. The van der Waals surface area contributed by atoms with Crippen LogP contribution in [0.15, 0.2) is 42.6 Å². The molecule has 6 nitrogen and oxygen atoms in total. The lowest BCUT2D eigenvalue weighted by Crippen LogP contribution is -2.29. The number of benzene rings is 1. The molecule has 0 aliphatic rings. The molecule has 0 unspecified atom stereocenters. The largest absolute Gasteiger partial charge is 0.484 e. The van der Waals surface area contributed by atoms with Gasteiger partial charge in [0.2, 0.25) is 0 Å². The molecule has 0 bridgehead atoms. The molecule has 0 aliphatic carbocycles. The van der Waals surface area contributed by atoms with Crippen molar-refractivity contribution in [2.75, 3.05) is 6.61 Å². The number of aryl methyl sites for hydroxylation is 1. The van der Waals surface area contributed by atoms with Crippen LogP contribution < -0.4 is 10.1 Å². The summed E-state index contributed by atoms with van der Waals surface area (Å²) in [6.07, 6.45) is 1.85. The van der Waals surface area contributed by atoms with Crippen LogP contribution in [-0.2, 0) is 11.3 Å². The van der Waals surface area contributed by atoms with Crippen molar-refractivity contribution in [1.82, 2.24) is 19.9 Å². The Balaban J connectivity index is 1.54. The molecular formula is C16H15ClN4O2. The third kappa shape index (κ3) is 3.60. The van der Waals surface area contributed by atoms with E-state index in [1.54, 1.807) is 18.2 Å². The van der Waals surface area contributed by atoms with Crippen molar-refractivity contribution in [2.24, 2.45) is 0 Å². The van der Waals surface area contributed by atoms with Gasteiger partial charge in [-0.05, 0) is 42.8 Å². The van der Waals surface area contributed by atoms with Crippen LogP contribution in [0.25, 0.3) is 5.65 Å². The van der Waals surface area contributed by atoms with Gasteiger partial charge in [0.15, 0.2) is 18.1 Å². The number of carbonyl (C=O) groups excluding carboxylic acids is 1. The van der Waals surface area contributed by atoms with E-state index in [2.05, 4.69) is 15.5 Å². The number of nitrogens with one attached hydrogen (secondary N) is 1. The Hall–Kier alpha value is -2.60. The molecule has 2 heterocycles. The van der Waals surface area contributed by atoms with Gasteiger partial charge in [-0.2, -0.15) is 0 Å². The van der Waals surface area contributed by atoms with E-state index in [0.717, 1.165) is 11.2 Å². The molecule has 0 saturated carbocycles. The normalized spacial score (nSPS) is 10.7. The maximum absolute atomic E-state index is 11.9. The quantitative estimate of drug-likeness (QED) is 0.780. The zero-order valence-electron chi connectivity index (χ0n) is 12.5. The zero-order chi connectivity index (χ0) is 16.2. The van der Waals surface area contributed by atoms with Crippen molar-refractivity contribution in [2.45, 2.75) is 13.5 Å². The van der Waals surface area contributed by atoms with Crippen LogP contribution in [0.2, 0.25) is 5.02 Å². The number of rotatable bonds is 5. The molecule has 0 spiro atoms. The molecule has 118 valence electrons. The van der Waals surface area contributed by atoms with Crippen molar-refractivity contribution in [3.63, 3.8) is 0 Å². The van der Waals surface area contributed by atoms with Gasteiger partial charge in [-0.15, -0.1) is 10.2 Å². The molecule has 0 aliphatic heterocycles. The van der Waals surface area contributed by atoms with Crippen LogP contribution in [0.5, 0.6) is 5.75 Å². The second-order valence-corrected chi connectivity index (χ2v) is 5.43. The first-order chi connectivity index (χ1) is 11.1. The van der Waals surface area contributed by atoms with Gasteiger partial charge in [0.25, 0.3) is 5.91 Å². The number of amides is 1. The minimum absolute atomic E-state index is 0.0716. The zero-order valence-corrected chi connectivity index (χ0v) is 13.2. The molecule has 3 rings (SSSR count). The molecule has 2 aromatic heterocycles. The fourth-order valence-electron chi connectivity index (χ4n) is 2.10. The Morgan fingerprint density at radius 3 is 3.00 bits per heavy atom. The topological polar surface area (TPSA) is 68.5 Å². The van der Waals surface area contributed by atoms with Crippen LogP contribution in [0.1, 0.15) is 11.4 Å². The van der Waals surface area contributed by atoms with Crippen LogP contribution in [0.4, 0.5) is 0 Å². The highest BCUT2D eigenvalue weighted by molar-refractivity contribution is 6.31. The highest BCUT2D eigenvalue weighted by Gasteiger charge is 2.08. The van der Waals surface area contributed by atoms with Crippen molar-refractivity contribution in [3.8, 4) is 5.75 Å². The summed E-state index contributed by atoms with van der Waals surface area (Å²) in [6.45, 7) is 2.09. The third-order valence-corrected chi connectivity index (χ3v) is 3.75. The predicted molar refractivity (Wildman–Crippen MR) is 86.5 cm³/mol. The molecular weight excluding hydrogens is 316 g/mol. The van der Waals surface area contributed by atoms with E-state index in [1.165, 1.54) is 0 Å². The fourth-order valence-corrected chi connectivity index (χ4v) is 2.21. The van der Waals surface area contributed by atoms with Crippen molar-refractivity contribution in [1.29, 1.82) is 0 Å². The SMILES string of the molecule is Cc1cc(OCC(=O)NCc2nnc3ccccn23)ccc1Cl. The fraction of sp³-hybridized carbons (Fsp3) is 0.188. The number of fused-ring (bicyclic) bond motifs is 1. The predicted octanol–water partition coefficient (Wildman–Crippen LogP) is 2.39. The van der Waals surface area contributed by atoms with E-state index in [-0.39, 0.29) is 19.1 Å². The number of nitrogens with zero attached hydrogens (tertiary/aromatic N) is 3. The van der Waals surface area contributed by atoms with E-state index in [9.17, 15) is 4.79 Å². The van der Waals surface area contributed by atoms with Gasteiger partial charge in [-0.25, -0.2) is 0 Å². The van der Waals surface area contributed by atoms with Crippen LogP contribution in [0, 0.1) is 6.92 Å². The summed E-state index contributed by atoms with van der Waals surface area (Å²) < 4.78 is 7.27. The minimum Gasteiger partial charge on any atom is -0.484 e. The maximum Gasteiger partial charge on any atom is 0.258 e. The molecule has 3 aromatic rings. The summed E-state index contributed by atoms with van der Waals surface area (Å²) in [5.74, 6) is 1.04. The first kappa shape index (κ1) is 15.3. The smallest absolute Gasteiger partial charge is 0.258 e. The lowest BCUT2D eigenvalue weighted by Gasteiger charge is -2.08. The van der Waals surface area contributed by atoms with E-state index in [1.807, 2.05) is 35.7 Å². The van der Waals surface area contributed by atoms with Crippen molar-refractivity contribution >= 4 is 23.2 Å². The van der Waals surface area contributed by atoms with Gasteiger partial charge >= 0.3 is 0 Å². The average Bonchev–Trinajstić information content (AvgIpc) is 2.97. The van der Waals surface area contributed by atoms with Crippen LogP contribution in [0.3, 0.4) is 0 Å². The molecule has 0 atom stereocenters. The average molecular weight is 331 g/mol. The van der Waals surface area contributed by atoms with Crippen molar-refractivity contribution < 1.29 is 9.53 Å². The van der Waals surface area contributed by atoms with Gasteiger partial charge in [0.05, 0.1) is 6.54 Å². The Kier molecular flexibility index (Phi) is 4.43. The summed E-state index contributed by atoms with van der Waals surface area (Å²) in [5, 5.41) is 11.5. The number of hydrogen-bond acceptors (Lipinski definition) is 4. The summed E-state index contributed by atoms with van der Waals surface area (Å²) in [7, 11) is 0. The van der Waals surface area contributed by atoms with Crippen LogP contribution in [-0.4, -0.2) is 27.1 Å². The summed E-state index contributed by atoms with van der Waals surface area (Å²) >= 11 is 5.95. The summed E-state index contributed by atoms with van der Waals surface area (Å²) in [5.41, 5.74) is 1.64. The molecule has 7 heteroatoms. The Bertz CT molecular complexity index is 847. The first-order valence-electron chi connectivity index (χ1n) is 7.08. The highest BCUT2D eigenvalue weighted by Crippen LogP contribution is 2.20. The van der Waals surface area contributed by atoms with E-state index in [0.29, 0.717) is 16.6 Å². The lowest BCUT2D eigenvalue weighted by atomic mass is 10.2. The number of pyridine rings is 1. The van der Waals surface area contributed by atoms with Crippen LogP contribution >= 0.6 is 11.6 Å². The monoisotopic (exact) mass is 330 g/mol. The van der Waals surface area contributed by atoms with Crippen molar-refractivity contribution in [3.05, 3.63) is 59.0 Å². The van der Waals surface area contributed by atoms with Gasteiger partial charge in [0, 0.05) is 11.2 Å². The standard InChI is InChI=1S/C16H15ClN4O2/c1-11-8-12(5-6-13(11)17)23-10-16(22)18-9-15-20-19-14-4-2-3-7-21(14)15/h2-8H,9-10H2,1H3,(H,18,22). The molecule has 0 fully saturated rings. The number of halogens is 1. The second kappa shape index (κ2) is 6.66. The lowest BCUT2D eigenvalue weighted by molar-refractivity contribution is -0.123. The Morgan fingerprint density at radius 2 is 2.17 bits per heavy atom. The molecule has 23 heavy (non-hydrogen) atoms. The van der Waals surface area contributed by atoms with E-state index >= 15 is 0 Å². The third-order valence-electron chi connectivity index (χ3n) is 3.33. The van der Waals surface area contributed by atoms with E-state index < -0.39 is 0 Å². The molecule has 1 N–H and O–H groups in total. The molecule has 0 saturated heterocycles. The van der Waals surface area contributed by atoms with Gasteiger partial charge in [-0.1, -0.05) is 17.7 Å². The van der Waals surface area contributed by atoms with E-state index in [4.69, 9.17) is 16.3 Å². The molecule has 0 radical (unpaired) electrons. The first-order valence-corrected chi connectivity index (χ1v) is 7.45. The van der Waals surface area contributed by atoms with Gasteiger partial charge in [0.1, 0.15) is 5.75 Å². The highest BCUT2D eigenvalue weighted by atomic mass is 35.5. The minimum atomic E-state index is -0.231. The second-order valence-electron chi connectivity index (χ2n) is 5.02. The number of aromatic nitrogens is 3. The Labute approximate surface area is 138 Å². The summed E-state index contributed by atoms with van der Waals surface area (Å²) in [6, 6.07) is 10.9. The summed E-state index contributed by atoms with van der Waals surface area (Å²) in [4.78, 5) is 11.9. The molecule has 1 amide bonds.